The summed E-state index contributed by atoms with van der Waals surface area (Å²) in [6, 6.07) is 19.8. The van der Waals surface area contributed by atoms with Gasteiger partial charge in [-0.3, -0.25) is 14.4 Å². The van der Waals surface area contributed by atoms with E-state index in [9.17, 15) is 19.2 Å². The normalized spacial score (nSPS) is 10.6. The van der Waals surface area contributed by atoms with Crippen LogP contribution in [0.15, 0.2) is 82.4 Å². The molecule has 0 spiro atoms. The molecule has 0 aliphatic carbocycles. The maximum atomic E-state index is 12.9. The molecule has 0 aliphatic rings. The van der Waals surface area contributed by atoms with Crippen LogP contribution in [0.2, 0.25) is 0 Å². The highest BCUT2D eigenvalue weighted by Gasteiger charge is 2.13. The van der Waals surface area contributed by atoms with Gasteiger partial charge in [-0.15, -0.1) is 0 Å². The summed E-state index contributed by atoms with van der Waals surface area (Å²) < 4.78 is 1.05. The van der Waals surface area contributed by atoms with Crippen LogP contribution in [-0.2, 0) is 4.79 Å². The van der Waals surface area contributed by atoms with Crippen LogP contribution in [-0.4, -0.2) is 21.4 Å². The van der Waals surface area contributed by atoms with E-state index in [0.29, 0.717) is 17.1 Å². The number of fused-ring (bicyclic) bond motifs is 1. The van der Waals surface area contributed by atoms with Crippen molar-refractivity contribution in [3.05, 3.63) is 99.2 Å². The molecule has 3 aromatic carbocycles. The van der Waals surface area contributed by atoms with Crippen LogP contribution in [0.1, 0.15) is 17.3 Å². The number of carbonyl (C=O) groups is 2. The first kappa shape index (κ1) is 19.8. The molecule has 1 heterocycles. The predicted octanol–water partition coefficient (Wildman–Crippen LogP) is 2.89. The minimum atomic E-state index is -0.593. The van der Waals surface area contributed by atoms with Gasteiger partial charge in [0.05, 0.1) is 16.6 Å². The number of nitrogens with one attached hydrogen (secondary N) is 3. The van der Waals surface area contributed by atoms with Gasteiger partial charge in [0.2, 0.25) is 5.91 Å². The van der Waals surface area contributed by atoms with Gasteiger partial charge in [-0.05, 0) is 48.5 Å². The molecule has 0 fully saturated rings. The van der Waals surface area contributed by atoms with Gasteiger partial charge >= 0.3 is 5.69 Å². The number of H-pyrrole nitrogens is 1. The summed E-state index contributed by atoms with van der Waals surface area (Å²) in [4.78, 5) is 51.9. The molecule has 0 aliphatic heterocycles. The molecular weight excluding hydrogens is 396 g/mol. The number of para-hydroxylation sites is 1. The van der Waals surface area contributed by atoms with Gasteiger partial charge in [0.15, 0.2) is 0 Å². The molecule has 0 unspecified atom stereocenters. The minimum Gasteiger partial charge on any atom is -0.326 e. The third kappa shape index (κ3) is 4.13. The van der Waals surface area contributed by atoms with Crippen molar-refractivity contribution in [3.63, 3.8) is 0 Å². The molecule has 0 saturated heterocycles. The van der Waals surface area contributed by atoms with E-state index in [1.165, 1.54) is 25.1 Å². The summed E-state index contributed by atoms with van der Waals surface area (Å²) in [5, 5.41) is 5.67. The summed E-state index contributed by atoms with van der Waals surface area (Å²) in [5.41, 5.74) is 0.964. The van der Waals surface area contributed by atoms with Crippen molar-refractivity contribution in [2.75, 3.05) is 10.6 Å². The van der Waals surface area contributed by atoms with Crippen molar-refractivity contribution in [1.29, 1.82) is 0 Å². The number of amides is 2. The molecule has 0 atom stereocenters. The number of hydrogen-bond acceptors (Lipinski definition) is 4. The van der Waals surface area contributed by atoms with E-state index < -0.39 is 17.2 Å². The Kier molecular flexibility index (Phi) is 5.19. The van der Waals surface area contributed by atoms with Crippen molar-refractivity contribution in [3.8, 4) is 5.69 Å². The zero-order valence-electron chi connectivity index (χ0n) is 16.5. The smallest absolute Gasteiger partial charge is 0.326 e. The Balaban J connectivity index is 1.67. The topological polar surface area (TPSA) is 113 Å². The first-order valence-electron chi connectivity index (χ1n) is 9.46. The van der Waals surface area contributed by atoms with Crippen LogP contribution in [0.5, 0.6) is 0 Å². The van der Waals surface area contributed by atoms with E-state index in [2.05, 4.69) is 15.6 Å². The first-order valence-corrected chi connectivity index (χ1v) is 9.46. The van der Waals surface area contributed by atoms with E-state index in [0.717, 1.165) is 4.57 Å². The fourth-order valence-corrected chi connectivity index (χ4v) is 3.25. The fraction of sp³-hybridized carbons (Fsp3) is 0.0435. The molecule has 4 aromatic rings. The van der Waals surface area contributed by atoms with Gasteiger partial charge in [-0.1, -0.05) is 24.3 Å². The van der Waals surface area contributed by atoms with E-state index in [-0.39, 0.29) is 22.4 Å². The van der Waals surface area contributed by atoms with Crippen LogP contribution in [0.3, 0.4) is 0 Å². The summed E-state index contributed by atoms with van der Waals surface area (Å²) in [6.07, 6.45) is 0. The summed E-state index contributed by atoms with van der Waals surface area (Å²) in [7, 11) is 0. The highest BCUT2D eigenvalue weighted by atomic mass is 16.2. The van der Waals surface area contributed by atoms with Crippen LogP contribution < -0.4 is 21.9 Å². The van der Waals surface area contributed by atoms with Gasteiger partial charge in [0.25, 0.3) is 11.5 Å². The largest absolute Gasteiger partial charge is 0.333 e. The highest BCUT2D eigenvalue weighted by molar-refractivity contribution is 6.06. The third-order valence-electron chi connectivity index (χ3n) is 4.62. The van der Waals surface area contributed by atoms with Gasteiger partial charge in [-0.25, -0.2) is 9.36 Å². The van der Waals surface area contributed by atoms with E-state index in [4.69, 9.17) is 0 Å². The molecule has 2 amide bonds. The Bertz CT molecular complexity index is 1420. The molecule has 0 saturated carbocycles. The number of aromatic amines is 1. The lowest BCUT2D eigenvalue weighted by Gasteiger charge is -2.09. The molecule has 4 rings (SSSR count). The number of rotatable bonds is 4. The highest BCUT2D eigenvalue weighted by Crippen LogP contribution is 2.17. The number of hydrogen-bond donors (Lipinski definition) is 3. The number of aromatic nitrogens is 2. The standard InChI is InChI=1S/C23H18N4O4/c1-14(28)24-16-6-5-7-17(13-16)25-21(29)15-10-11-19-20(12-15)26-23(31)27(22(19)30)18-8-3-2-4-9-18/h2-13H,1H3,(H,24,28)(H,25,29)(H,26,31). The summed E-state index contributed by atoms with van der Waals surface area (Å²) in [5.74, 6) is -0.641. The fourth-order valence-electron chi connectivity index (χ4n) is 3.25. The third-order valence-corrected chi connectivity index (χ3v) is 4.62. The Morgan fingerprint density at radius 3 is 2.26 bits per heavy atom. The molecule has 154 valence electrons. The number of benzene rings is 3. The lowest BCUT2D eigenvalue weighted by atomic mass is 10.1. The molecule has 0 bridgehead atoms. The van der Waals surface area contributed by atoms with Crippen LogP contribution in [0.4, 0.5) is 11.4 Å². The molecular formula is C23H18N4O4. The zero-order valence-corrected chi connectivity index (χ0v) is 16.5. The summed E-state index contributed by atoms with van der Waals surface area (Å²) >= 11 is 0. The van der Waals surface area contributed by atoms with Gasteiger partial charge in [0.1, 0.15) is 0 Å². The second kappa shape index (κ2) is 8.11. The van der Waals surface area contributed by atoms with E-state index in [1.807, 2.05) is 0 Å². The number of anilines is 2. The number of carbonyl (C=O) groups excluding carboxylic acids is 2. The van der Waals surface area contributed by atoms with Crippen LogP contribution >= 0.6 is 0 Å². The Morgan fingerprint density at radius 2 is 1.55 bits per heavy atom. The predicted molar refractivity (Wildman–Crippen MR) is 119 cm³/mol. The lowest BCUT2D eigenvalue weighted by molar-refractivity contribution is -0.114. The second-order valence-electron chi connectivity index (χ2n) is 6.88. The molecule has 3 N–H and O–H groups in total. The SMILES string of the molecule is CC(=O)Nc1cccc(NC(=O)c2ccc3c(=O)n(-c4ccccc4)c(=O)[nH]c3c2)c1. The Labute approximate surface area is 176 Å². The zero-order chi connectivity index (χ0) is 22.0. The summed E-state index contributed by atoms with van der Waals surface area (Å²) in [6.45, 7) is 1.40. The van der Waals surface area contributed by atoms with E-state index in [1.54, 1.807) is 54.6 Å². The van der Waals surface area contributed by atoms with E-state index >= 15 is 0 Å². The van der Waals surface area contributed by atoms with Crippen LogP contribution in [0.25, 0.3) is 16.6 Å². The van der Waals surface area contributed by atoms with Crippen molar-refractivity contribution in [2.24, 2.45) is 0 Å². The van der Waals surface area contributed by atoms with Gasteiger partial charge in [0, 0.05) is 23.9 Å². The van der Waals surface area contributed by atoms with Gasteiger partial charge < -0.3 is 15.6 Å². The average Bonchev–Trinajstić information content (AvgIpc) is 2.74. The number of nitrogens with zero attached hydrogens (tertiary/aromatic N) is 1. The van der Waals surface area contributed by atoms with Crippen molar-refractivity contribution < 1.29 is 9.59 Å². The molecule has 0 radical (unpaired) electrons. The molecule has 8 nitrogen and oxygen atoms in total. The monoisotopic (exact) mass is 414 g/mol. The maximum Gasteiger partial charge on any atom is 0.333 e. The van der Waals surface area contributed by atoms with Crippen molar-refractivity contribution in [1.82, 2.24) is 9.55 Å². The average molecular weight is 414 g/mol. The minimum absolute atomic E-state index is 0.219. The Morgan fingerprint density at radius 1 is 0.839 bits per heavy atom. The molecule has 8 heteroatoms. The van der Waals surface area contributed by atoms with Crippen LogP contribution in [0, 0.1) is 0 Å². The Hall–Kier alpha value is -4.46. The lowest BCUT2D eigenvalue weighted by Crippen LogP contribution is -2.33. The van der Waals surface area contributed by atoms with Gasteiger partial charge in [-0.2, -0.15) is 0 Å². The quantitative estimate of drug-likeness (QED) is 0.476. The molecule has 31 heavy (non-hydrogen) atoms. The second-order valence-corrected chi connectivity index (χ2v) is 6.88. The molecule has 1 aromatic heterocycles. The maximum absolute atomic E-state index is 12.9. The van der Waals surface area contributed by atoms with Crippen molar-refractivity contribution in [2.45, 2.75) is 6.92 Å². The first-order chi connectivity index (χ1) is 14.9. The van der Waals surface area contributed by atoms with Crippen molar-refractivity contribution >= 4 is 34.1 Å².